The Morgan fingerprint density at radius 1 is 0.962 bits per heavy atom. The molecule has 0 radical (unpaired) electrons. The molecule has 0 saturated heterocycles. The molecule has 7 heteroatoms. The zero-order chi connectivity index (χ0) is 18.4. The highest BCUT2D eigenvalue weighted by molar-refractivity contribution is 8.14. The van der Waals surface area contributed by atoms with Crippen LogP contribution in [0.15, 0.2) is 71.4 Å². The number of nitrogens with zero attached hydrogens (tertiary/aromatic N) is 1. The minimum absolute atomic E-state index is 0.0121. The van der Waals surface area contributed by atoms with Gasteiger partial charge in [0.15, 0.2) is 5.17 Å². The highest BCUT2D eigenvalue weighted by Crippen LogP contribution is 2.22. The largest absolute Gasteiger partial charge is 0.316 e. The fourth-order valence-electron chi connectivity index (χ4n) is 2.29. The molecule has 0 spiro atoms. The van der Waals surface area contributed by atoms with Gasteiger partial charge in [0.2, 0.25) is 0 Å². The molecule has 2 N–H and O–H groups in total. The molecule has 0 bridgehead atoms. The topological polar surface area (TPSA) is 70.6 Å². The lowest BCUT2D eigenvalue weighted by Crippen LogP contribution is -2.37. The smallest absolute Gasteiger partial charge is 0.275 e. The number of carbonyl (C=O) groups excluding carboxylic acids is 2. The lowest BCUT2D eigenvalue weighted by Gasteiger charge is -2.13. The van der Waals surface area contributed by atoms with Crippen molar-refractivity contribution in [2.24, 2.45) is 4.99 Å². The van der Waals surface area contributed by atoms with Crippen molar-refractivity contribution in [2.75, 3.05) is 12.3 Å². The maximum absolute atomic E-state index is 12.7. The van der Waals surface area contributed by atoms with Crippen LogP contribution < -0.4 is 10.6 Å². The van der Waals surface area contributed by atoms with Crippen LogP contribution in [0.5, 0.6) is 0 Å². The molecule has 0 saturated carbocycles. The van der Waals surface area contributed by atoms with Crippen LogP contribution in [0, 0.1) is 0 Å². The number of amidine groups is 1. The summed E-state index contributed by atoms with van der Waals surface area (Å²) < 4.78 is 0. The normalized spacial score (nSPS) is 14.3. The number of hydrogen-bond donors (Lipinski definition) is 2. The molecular formula is C19H16ClN3O2S. The predicted molar refractivity (Wildman–Crippen MR) is 106 cm³/mol. The third-order valence-corrected chi connectivity index (χ3v) is 4.85. The third-order valence-electron chi connectivity index (χ3n) is 3.55. The van der Waals surface area contributed by atoms with E-state index in [1.807, 2.05) is 24.3 Å². The van der Waals surface area contributed by atoms with Crippen LogP contribution in [-0.4, -0.2) is 29.3 Å². The summed E-state index contributed by atoms with van der Waals surface area (Å²) in [4.78, 5) is 29.4. The summed E-state index contributed by atoms with van der Waals surface area (Å²) in [6.07, 6.45) is 0. The monoisotopic (exact) mass is 385 g/mol. The van der Waals surface area contributed by atoms with Gasteiger partial charge in [0.1, 0.15) is 5.70 Å². The summed E-state index contributed by atoms with van der Waals surface area (Å²) in [6, 6.07) is 17.6. The van der Waals surface area contributed by atoms with Gasteiger partial charge in [-0.2, -0.15) is 0 Å². The summed E-state index contributed by atoms with van der Waals surface area (Å²) in [7, 11) is 0. The first-order chi connectivity index (χ1) is 12.6. The minimum atomic E-state index is -0.503. The molecule has 2 aromatic carbocycles. The van der Waals surface area contributed by atoms with Gasteiger partial charge in [-0.25, -0.2) is 0 Å². The Balaban J connectivity index is 1.90. The summed E-state index contributed by atoms with van der Waals surface area (Å²) in [5, 5.41) is 6.03. The van der Waals surface area contributed by atoms with E-state index in [2.05, 4.69) is 15.6 Å². The molecule has 3 rings (SSSR count). The van der Waals surface area contributed by atoms with Crippen LogP contribution in [0.1, 0.15) is 15.9 Å². The molecule has 0 fully saturated rings. The predicted octanol–water partition coefficient (Wildman–Crippen LogP) is 3.24. The van der Waals surface area contributed by atoms with Crippen molar-refractivity contribution in [3.63, 3.8) is 0 Å². The summed E-state index contributed by atoms with van der Waals surface area (Å²) in [5.41, 5.74) is 1.05. The lowest BCUT2D eigenvalue weighted by molar-refractivity contribution is -0.116. The number of benzene rings is 2. The fraction of sp³-hybridized carbons (Fsp3) is 0.105. The number of nitrogens with one attached hydrogen (secondary N) is 2. The summed E-state index contributed by atoms with van der Waals surface area (Å²) in [6.45, 7) is 0.655. The Bertz CT molecular complexity index is 867. The highest BCUT2D eigenvalue weighted by atomic mass is 35.5. The molecule has 0 aromatic heterocycles. The molecule has 1 aliphatic rings. The van der Waals surface area contributed by atoms with Crippen molar-refractivity contribution in [1.29, 1.82) is 0 Å². The molecule has 1 aliphatic heterocycles. The molecule has 2 amide bonds. The number of thioether (sulfide) groups is 1. The van der Waals surface area contributed by atoms with Crippen LogP contribution in [0.4, 0.5) is 0 Å². The Morgan fingerprint density at radius 3 is 2.15 bits per heavy atom. The minimum Gasteiger partial charge on any atom is -0.316 e. The summed E-state index contributed by atoms with van der Waals surface area (Å²) in [5.74, 6) is -0.0978. The first kappa shape index (κ1) is 18.2. The molecule has 1 heterocycles. The maximum Gasteiger partial charge on any atom is 0.275 e. The molecular weight excluding hydrogens is 370 g/mol. The average molecular weight is 386 g/mol. The second-order valence-corrected chi connectivity index (χ2v) is 6.83. The molecule has 0 aliphatic carbocycles. The highest BCUT2D eigenvalue weighted by Gasteiger charge is 2.21. The van der Waals surface area contributed by atoms with Crippen LogP contribution in [0.2, 0.25) is 0 Å². The standard InChI is InChI=1S/C19H16ClN3O2S/c20-15(13-7-3-1-4-8-13)16(18(25)23-19-21-11-12-26-19)22-17(24)14-9-5-2-6-10-14/h1-10H,11-12H2,(H,22,24)(H,21,23,25)/b16-15+. The van der Waals surface area contributed by atoms with Gasteiger partial charge in [0, 0.05) is 11.3 Å². The van der Waals surface area contributed by atoms with Gasteiger partial charge in [-0.05, 0) is 17.7 Å². The number of amides is 2. The Morgan fingerprint density at radius 2 is 1.58 bits per heavy atom. The van der Waals surface area contributed by atoms with E-state index in [0.29, 0.717) is 22.8 Å². The fourth-order valence-corrected chi connectivity index (χ4v) is 3.27. The second-order valence-electron chi connectivity index (χ2n) is 5.36. The van der Waals surface area contributed by atoms with Crippen molar-refractivity contribution in [2.45, 2.75) is 0 Å². The van der Waals surface area contributed by atoms with E-state index in [1.165, 1.54) is 11.8 Å². The van der Waals surface area contributed by atoms with Gasteiger partial charge in [-0.3, -0.25) is 19.9 Å². The van der Waals surface area contributed by atoms with E-state index in [-0.39, 0.29) is 10.7 Å². The van der Waals surface area contributed by atoms with Crippen LogP contribution in [0.3, 0.4) is 0 Å². The van der Waals surface area contributed by atoms with E-state index in [1.54, 1.807) is 36.4 Å². The van der Waals surface area contributed by atoms with E-state index in [0.717, 1.165) is 5.75 Å². The Kier molecular flexibility index (Phi) is 6.09. The molecule has 26 heavy (non-hydrogen) atoms. The number of aliphatic imine (C=N–C) groups is 1. The SMILES string of the molecule is O=C(NC1=NCCS1)/C(NC(=O)c1ccccc1)=C(\Cl)c1ccccc1. The van der Waals surface area contributed by atoms with Gasteiger partial charge in [-0.1, -0.05) is 71.9 Å². The van der Waals surface area contributed by atoms with Crippen molar-refractivity contribution in [3.05, 3.63) is 77.5 Å². The first-order valence-corrected chi connectivity index (χ1v) is 9.31. The number of carbonyl (C=O) groups is 2. The van der Waals surface area contributed by atoms with Crippen LogP contribution in [-0.2, 0) is 4.79 Å². The Hall–Kier alpha value is -2.57. The summed E-state index contributed by atoms with van der Waals surface area (Å²) >= 11 is 7.89. The van der Waals surface area contributed by atoms with Gasteiger partial charge in [-0.15, -0.1) is 0 Å². The average Bonchev–Trinajstić information content (AvgIpc) is 3.19. The van der Waals surface area contributed by atoms with Crippen molar-refractivity contribution in [1.82, 2.24) is 10.6 Å². The van der Waals surface area contributed by atoms with E-state index in [4.69, 9.17) is 11.6 Å². The second kappa shape index (κ2) is 8.69. The molecule has 5 nitrogen and oxygen atoms in total. The zero-order valence-corrected chi connectivity index (χ0v) is 15.3. The van der Waals surface area contributed by atoms with Crippen molar-refractivity contribution >= 4 is 45.4 Å². The number of hydrogen-bond acceptors (Lipinski definition) is 4. The molecule has 132 valence electrons. The van der Waals surface area contributed by atoms with Gasteiger partial charge < -0.3 is 5.32 Å². The van der Waals surface area contributed by atoms with Crippen LogP contribution in [0.25, 0.3) is 5.03 Å². The first-order valence-electron chi connectivity index (χ1n) is 7.95. The molecule has 2 aromatic rings. The van der Waals surface area contributed by atoms with Crippen LogP contribution >= 0.6 is 23.4 Å². The lowest BCUT2D eigenvalue weighted by atomic mass is 10.1. The zero-order valence-electron chi connectivity index (χ0n) is 13.7. The van der Waals surface area contributed by atoms with Gasteiger partial charge >= 0.3 is 0 Å². The van der Waals surface area contributed by atoms with Crippen molar-refractivity contribution in [3.8, 4) is 0 Å². The van der Waals surface area contributed by atoms with E-state index < -0.39 is 11.8 Å². The van der Waals surface area contributed by atoms with Crippen molar-refractivity contribution < 1.29 is 9.59 Å². The van der Waals surface area contributed by atoms with Gasteiger partial charge in [0.25, 0.3) is 11.8 Å². The maximum atomic E-state index is 12.7. The third kappa shape index (κ3) is 4.53. The Labute approximate surface area is 160 Å². The molecule has 0 atom stereocenters. The number of halogens is 1. The number of rotatable bonds is 4. The van der Waals surface area contributed by atoms with E-state index >= 15 is 0 Å². The quantitative estimate of drug-likeness (QED) is 0.794. The van der Waals surface area contributed by atoms with E-state index in [9.17, 15) is 9.59 Å². The van der Waals surface area contributed by atoms with Gasteiger partial charge in [0.05, 0.1) is 11.6 Å². The molecule has 0 unspecified atom stereocenters.